The fourth-order valence-corrected chi connectivity index (χ4v) is 3.18. The summed E-state index contributed by atoms with van der Waals surface area (Å²) in [4.78, 5) is 25.6. The molecule has 0 aliphatic carbocycles. The third kappa shape index (κ3) is 4.47. The summed E-state index contributed by atoms with van der Waals surface area (Å²) in [5.74, 6) is -1.60. The summed E-state index contributed by atoms with van der Waals surface area (Å²) in [6.45, 7) is 1.93. The minimum absolute atomic E-state index is 0.130. The maximum Gasteiger partial charge on any atom is 0.417 e. The number of hydrogen-bond acceptors (Lipinski definition) is 3. The molecule has 1 fully saturated rings. The van der Waals surface area contributed by atoms with Crippen LogP contribution in [0.15, 0.2) is 18.2 Å². The van der Waals surface area contributed by atoms with Crippen LogP contribution in [0.2, 0.25) is 5.02 Å². The van der Waals surface area contributed by atoms with Crippen molar-refractivity contribution < 1.29 is 31.9 Å². The van der Waals surface area contributed by atoms with Gasteiger partial charge in [0.15, 0.2) is 0 Å². The van der Waals surface area contributed by atoms with Crippen molar-refractivity contribution in [1.82, 2.24) is 4.90 Å². The van der Waals surface area contributed by atoms with E-state index in [0.29, 0.717) is 25.3 Å². The van der Waals surface area contributed by atoms with Crippen molar-refractivity contribution in [3.63, 3.8) is 0 Å². The lowest BCUT2D eigenvalue weighted by atomic mass is 9.99. The Morgan fingerprint density at radius 2 is 2.04 bits per heavy atom. The number of alkyl halides is 4. The normalized spacial score (nSPS) is 19.2. The van der Waals surface area contributed by atoms with Crippen molar-refractivity contribution in [2.45, 2.75) is 44.6 Å². The Labute approximate surface area is 153 Å². The number of nitrogens with zero attached hydrogens (tertiary/aromatic N) is 1. The number of rotatable bonds is 4. The molecule has 2 atom stereocenters. The third-order valence-corrected chi connectivity index (χ3v) is 4.47. The SMILES string of the molecule is CCOC(=O)C1CCCCN1C(=O)C(F)c1ccc(C(F)(F)F)c(Cl)c1. The highest BCUT2D eigenvalue weighted by molar-refractivity contribution is 6.31. The minimum atomic E-state index is -4.67. The summed E-state index contributed by atoms with van der Waals surface area (Å²) in [5, 5.41) is -0.689. The molecule has 1 aliphatic rings. The number of hydrogen-bond donors (Lipinski definition) is 0. The molecule has 1 amide bonds. The molecule has 2 unspecified atom stereocenters. The van der Waals surface area contributed by atoms with Crippen LogP contribution in [0.5, 0.6) is 0 Å². The molecule has 1 heterocycles. The molecule has 1 saturated heterocycles. The van der Waals surface area contributed by atoms with Crippen molar-refractivity contribution >= 4 is 23.5 Å². The molecule has 0 saturated carbocycles. The van der Waals surface area contributed by atoms with E-state index < -0.39 is 40.9 Å². The fourth-order valence-electron chi connectivity index (χ4n) is 2.89. The molecule has 144 valence electrons. The lowest BCUT2D eigenvalue weighted by Crippen LogP contribution is -2.49. The first-order valence-electron chi connectivity index (χ1n) is 8.14. The lowest BCUT2D eigenvalue weighted by Gasteiger charge is -2.34. The highest BCUT2D eigenvalue weighted by Gasteiger charge is 2.38. The highest BCUT2D eigenvalue weighted by Crippen LogP contribution is 2.36. The molecule has 0 spiro atoms. The standard InChI is InChI=1S/C17H18ClF4NO3/c1-2-26-16(25)13-5-3-4-8-23(13)15(24)14(19)10-6-7-11(12(18)9-10)17(20,21)22/h6-7,9,13-14H,2-5,8H2,1H3. The summed E-state index contributed by atoms with van der Waals surface area (Å²) < 4.78 is 57.8. The van der Waals surface area contributed by atoms with Gasteiger partial charge in [-0.15, -0.1) is 0 Å². The minimum Gasteiger partial charge on any atom is -0.464 e. The Morgan fingerprint density at radius 1 is 1.35 bits per heavy atom. The van der Waals surface area contributed by atoms with Gasteiger partial charge < -0.3 is 9.64 Å². The second-order valence-corrected chi connectivity index (χ2v) is 6.30. The number of esters is 1. The summed E-state index contributed by atoms with van der Waals surface area (Å²) in [6.07, 6.45) is -5.25. The fraction of sp³-hybridized carbons (Fsp3) is 0.529. The smallest absolute Gasteiger partial charge is 0.417 e. The largest absolute Gasteiger partial charge is 0.464 e. The Morgan fingerprint density at radius 3 is 2.62 bits per heavy atom. The zero-order chi connectivity index (χ0) is 19.5. The summed E-state index contributed by atoms with van der Waals surface area (Å²) in [7, 11) is 0. The summed E-state index contributed by atoms with van der Waals surface area (Å²) in [6, 6.07) is 1.41. The molecule has 0 aromatic heterocycles. The topological polar surface area (TPSA) is 46.6 Å². The Kier molecular flexibility index (Phi) is 6.49. The van der Waals surface area contributed by atoms with Gasteiger partial charge in [-0.05, 0) is 43.9 Å². The predicted octanol–water partition coefficient (Wildman–Crippen LogP) is 4.31. The third-order valence-electron chi connectivity index (χ3n) is 4.15. The molecule has 1 aliphatic heterocycles. The average Bonchev–Trinajstić information content (AvgIpc) is 2.59. The quantitative estimate of drug-likeness (QED) is 0.563. The van der Waals surface area contributed by atoms with Gasteiger partial charge in [0.25, 0.3) is 5.91 Å². The molecular formula is C17H18ClF4NO3. The molecule has 1 aromatic rings. The van der Waals surface area contributed by atoms with Gasteiger partial charge in [-0.2, -0.15) is 13.2 Å². The van der Waals surface area contributed by atoms with Crippen molar-refractivity contribution in [2.75, 3.05) is 13.2 Å². The van der Waals surface area contributed by atoms with Crippen LogP contribution >= 0.6 is 11.6 Å². The van der Waals surface area contributed by atoms with E-state index in [0.717, 1.165) is 17.0 Å². The van der Waals surface area contributed by atoms with Crippen LogP contribution in [0.4, 0.5) is 17.6 Å². The predicted molar refractivity (Wildman–Crippen MR) is 86.3 cm³/mol. The highest BCUT2D eigenvalue weighted by atomic mass is 35.5. The van der Waals surface area contributed by atoms with Crippen molar-refractivity contribution in [2.24, 2.45) is 0 Å². The van der Waals surface area contributed by atoms with Crippen molar-refractivity contribution in [1.29, 1.82) is 0 Å². The summed E-state index contributed by atoms with van der Waals surface area (Å²) in [5.41, 5.74) is -1.40. The molecule has 0 bridgehead atoms. The molecule has 9 heteroatoms. The van der Waals surface area contributed by atoms with E-state index in [-0.39, 0.29) is 18.7 Å². The molecular weight excluding hydrogens is 378 g/mol. The van der Waals surface area contributed by atoms with E-state index in [1.54, 1.807) is 6.92 Å². The molecule has 1 aromatic carbocycles. The second kappa shape index (κ2) is 8.24. The molecule has 26 heavy (non-hydrogen) atoms. The Hall–Kier alpha value is -1.83. The van der Waals surface area contributed by atoms with Crippen LogP contribution in [-0.2, 0) is 20.5 Å². The Balaban J connectivity index is 2.22. The van der Waals surface area contributed by atoms with Crippen LogP contribution in [0, 0.1) is 0 Å². The van der Waals surface area contributed by atoms with E-state index in [1.807, 2.05) is 0 Å². The number of halogens is 5. The van der Waals surface area contributed by atoms with Gasteiger partial charge in [0.2, 0.25) is 6.17 Å². The first kappa shape index (κ1) is 20.5. The Bertz CT molecular complexity index is 680. The number of amides is 1. The summed E-state index contributed by atoms with van der Waals surface area (Å²) >= 11 is 5.58. The monoisotopic (exact) mass is 395 g/mol. The van der Waals surface area contributed by atoms with E-state index in [4.69, 9.17) is 16.3 Å². The van der Waals surface area contributed by atoms with Gasteiger partial charge in [0.1, 0.15) is 6.04 Å². The molecule has 4 nitrogen and oxygen atoms in total. The zero-order valence-electron chi connectivity index (χ0n) is 14.0. The first-order chi connectivity index (χ1) is 12.2. The van der Waals surface area contributed by atoms with Gasteiger partial charge in [-0.25, -0.2) is 9.18 Å². The number of carbonyl (C=O) groups is 2. The average molecular weight is 396 g/mol. The van der Waals surface area contributed by atoms with Gasteiger partial charge in [0, 0.05) is 6.54 Å². The maximum atomic E-state index is 14.7. The van der Waals surface area contributed by atoms with Crippen molar-refractivity contribution in [3.05, 3.63) is 34.3 Å². The van der Waals surface area contributed by atoms with Crippen LogP contribution in [0.1, 0.15) is 43.5 Å². The van der Waals surface area contributed by atoms with Crippen LogP contribution < -0.4 is 0 Å². The zero-order valence-corrected chi connectivity index (χ0v) is 14.7. The first-order valence-corrected chi connectivity index (χ1v) is 8.52. The molecule has 0 radical (unpaired) electrons. The number of benzene rings is 1. The van der Waals surface area contributed by atoms with E-state index >= 15 is 0 Å². The number of ether oxygens (including phenoxy) is 1. The van der Waals surface area contributed by atoms with E-state index in [2.05, 4.69) is 0 Å². The van der Waals surface area contributed by atoms with Crippen LogP contribution in [-0.4, -0.2) is 36.0 Å². The molecule has 2 rings (SSSR count). The number of piperidine rings is 1. The van der Waals surface area contributed by atoms with E-state index in [1.165, 1.54) is 0 Å². The number of carbonyl (C=O) groups excluding carboxylic acids is 2. The molecule has 0 N–H and O–H groups in total. The van der Waals surface area contributed by atoms with Gasteiger partial charge >= 0.3 is 12.1 Å². The lowest BCUT2D eigenvalue weighted by molar-refractivity contribution is -0.158. The van der Waals surface area contributed by atoms with Crippen LogP contribution in [0.3, 0.4) is 0 Å². The second-order valence-electron chi connectivity index (χ2n) is 5.89. The maximum absolute atomic E-state index is 14.7. The van der Waals surface area contributed by atoms with Gasteiger partial charge in [-0.3, -0.25) is 4.79 Å². The van der Waals surface area contributed by atoms with Gasteiger partial charge in [0.05, 0.1) is 17.2 Å². The number of likely N-dealkylation sites (tertiary alicyclic amines) is 1. The van der Waals surface area contributed by atoms with Gasteiger partial charge in [-0.1, -0.05) is 17.7 Å². The van der Waals surface area contributed by atoms with Crippen molar-refractivity contribution in [3.8, 4) is 0 Å². The van der Waals surface area contributed by atoms with Crippen LogP contribution in [0.25, 0.3) is 0 Å². The van der Waals surface area contributed by atoms with E-state index in [9.17, 15) is 27.2 Å².